The number of thiophene rings is 1. The van der Waals surface area contributed by atoms with Gasteiger partial charge in [0.1, 0.15) is 5.75 Å². The highest BCUT2D eigenvalue weighted by Gasteiger charge is 2.15. The van der Waals surface area contributed by atoms with Crippen molar-refractivity contribution in [3.8, 4) is 5.75 Å². The smallest absolute Gasteiger partial charge is 0.212 e. The highest BCUT2D eigenvalue weighted by Crippen LogP contribution is 2.16. The van der Waals surface area contributed by atoms with Gasteiger partial charge in [-0.25, -0.2) is 13.1 Å². The van der Waals surface area contributed by atoms with Gasteiger partial charge < -0.3 is 4.74 Å². The van der Waals surface area contributed by atoms with Crippen LogP contribution in [0.3, 0.4) is 0 Å². The lowest BCUT2D eigenvalue weighted by Crippen LogP contribution is -2.29. The van der Waals surface area contributed by atoms with Crippen LogP contribution in [0.2, 0.25) is 0 Å². The Balaban J connectivity index is 1.81. The Kier molecular flexibility index (Phi) is 6.62. The Bertz CT molecular complexity index is 696. The summed E-state index contributed by atoms with van der Waals surface area (Å²) in [5.41, 5.74) is 0.888. The normalized spacial score (nSPS) is 13.0. The molecule has 2 rings (SSSR count). The number of nitrogens with one attached hydrogen (secondary N) is 1. The monoisotopic (exact) mass is 353 g/mol. The van der Waals surface area contributed by atoms with E-state index < -0.39 is 10.0 Å². The van der Waals surface area contributed by atoms with E-state index in [-0.39, 0.29) is 18.2 Å². The number of sulfonamides is 1. The SMILES string of the molecule is COc1cccc(CNS(=O)(=O)CC(C)CCc2cccs2)c1. The summed E-state index contributed by atoms with van der Waals surface area (Å²) in [6.07, 6.45) is 1.81. The van der Waals surface area contributed by atoms with Gasteiger partial charge in [0.15, 0.2) is 0 Å². The second-order valence-corrected chi connectivity index (χ2v) is 8.56. The minimum absolute atomic E-state index is 0.125. The zero-order valence-corrected chi connectivity index (χ0v) is 15.1. The molecule has 0 aliphatic carbocycles. The van der Waals surface area contributed by atoms with Crippen LogP contribution >= 0.6 is 11.3 Å². The first-order chi connectivity index (χ1) is 11.0. The predicted molar refractivity (Wildman–Crippen MR) is 95.4 cm³/mol. The fourth-order valence-electron chi connectivity index (χ4n) is 2.34. The Labute approximate surface area is 142 Å². The Hall–Kier alpha value is -1.37. The maximum absolute atomic E-state index is 12.2. The number of rotatable bonds is 9. The predicted octanol–water partition coefficient (Wildman–Crippen LogP) is 3.45. The van der Waals surface area contributed by atoms with Crippen LogP contribution in [0.1, 0.15) is 23.8 Å². The van der Waals surface area contributed by atoms with Crippen LogP contribution in [0.4, 0.5) is 0 Å². The average molecular weight is 354 g/mol. The summed E-state index contributed by atoms with van der Waals surface area (Å²) < 4.78 is 32.2. The van der Waals surface area contributed by atoms with Crippen molar-refractivity contribution >= 4 is 21.4 Å². The number of hydrogen-bond acceptors (Lipinski definition) is 4. The minimum Gasteiger partial charge on any atom is -0.497 e. The summed E-state index contributed by atoms with van der Waals surface area (Å²) in [6.45, 7) is 2.27. The molecule has 126 valence electrons. The third-order valence-electron chi connectivity index (χ3n) is 3.60. The van der Waals surface area contributed by atoms with E-state index in [1.54, 1.807) is 18.4 Å². The van der Waals surface area contributed by atoms with Crippen molar-refractivity contribution < 1.29 is 13.2 Å². The molecule has 0 radical (unpaired) electrons. The second-order valence-electron chi connectivity index (χ2n) is 5.68. The summed E-state index contributed by atoms with van der Waals surface area (Å²) in [7, 11) is -1.68. The van der Waals surface area contributed by atoms with Crippen molar-refractivity contribution in [2.24, 2.45) is 5.92 Å². The zero-order chi connectivity index (χ0) is 16.7. The quantitative estimate of drug-likeness (QED) is 0.751. The summed E-state index contributed by atoms with van der Waals surface area (Å²) in [5, 5.41) is 2.05. The van der Waals surface area contributed by atoms with E-state index in [9.17, 15) is 8.42 Å². The lowest BCUT2D eigenvalue weighted by molar-refractivity contribution is 0.414. The van der Waals surface area contributed by atoms with Gasteiger partial charge in [-0.15, -0.1) is 11.3 Å². The number of benzene rings is 1. The second kappa shape index (κ2) is 8.47. The molecule has 6 heteroatoms. The first-order valence-corrected chi connectivity index (χ1v) is 10.1. The van der Waals surface area contributed by atoms with Gasteiger partial charge in [-0.2, -0.15) is 0 Å². The number of methoxy groups -OCH3 is 1. The maximum atomic E-state index is 12.2. The molecule has 1 unspecified atom stereocenters. The first-order valence-electron chi connectivity index (χ1n) is 7.61. The minimum atomic E-state index is -3.28. The van der Waals surface area contributed by atoms with Crippen LogP contribution in [-0.2, 0) is 23.0 Å². The number of ether oxygens (including phenoxy) is 1. The van der Waals surface area contributed by atoms with E-state index in [0.29, 0.717) is 0 Å². The third kappa shape index (κ3) is 6.33. The van der Waals surface area contributed by atoms with Crippen molar-refractivity contribution in [2.45, 2.75) is 26.3 Å². The Morgan fingerprint density at radius 2 is 2.09 bits per heavy atom. The third-order valence-corrected chi connectivity index (χ3v) is 6.13. The van der Waals surface area contributed by atoms with E-state index >= 15 is 0 Å². The molecule has 1 aromatic carbocycles. The van der Waals surface area contributed by atoms with Crippen molar-refractivity contribution in [2.75, 3.05) is 12.9 Å². The molecule has 2 aromatic rings. The van der Waals surface area contributed by atoms with Crippen LogP contribution in [0.25, 0.3) is 0 Å². The lowest BCUT2D eigenvalue weighted by atomic mass is 10.1. The van der Waals surface area contributed by atoms with Gasteiger partial charge in [-0.05, 0) is 47.9 Å². The molecular weight excluding hydrogens is 330 g/mol. The molecule has 0 saturated heterocycles. The molecular formula is C17H23NO3S2. The van der Waals surface area contributed by atoms with Gasteiger partial charge in [-0.1, -0.05) is 25.1 Å². The van der Waals surface area contributed by atoms with E-state index in [1.807, 2.05) is 42.6 Å². The first kappa shape index (κ1) is 18.0. The van der Waals surface area contributed by atoms with Crippen LogP contribution in [-0.4, -0.2) is 21.3 Å². The van der Waals surface area contributed by atoms with Gasteiger partial charge >= 0.3 is 0 Å². The van der Waals surface area contributed by atoms with Crippen LogP contribution in [0.15, 0.2) is 41.8 Å². The molecule has 1 atom stereocenters. The standard InChI is InChI=1S/C17H23NO3S2/c1-14(8-9-17-7-4-10-22-17)13-23(19,20)18-12-15-5-3-6-16(11-15)21-2/h3-7,10-11,14,18H,8-9,12-13H2,1-2H3. The van der Waals surface area contributed by atoms with E-state index in [4.69, 9.17) is 4.74 Å². The molecule has 1 heterocycles. The van der Waals surface area contributed by atoms with Crippen molar-refractivity contribution in [3.63, 3.8) is 0 Å². The molecule has 1 N–H and O–H groups in total. The highest BCUT2D eigenvalue weighted by molar-refractivity contribution is 7.89. The maximum Gasteiger partial charge on any atom is 0.212 e. The largest absolute Gasteiger partial charge is 0.497 e. The highest BCUT2D eigenvalue weighted by atomic mass is 32.2. The number of aryl methyl sites for hydroxylation is 1. The molecule has 0 amide bonds. The molecule has 0 fully saturated rings. The van der Waals surface area contributed by atoms with Gasteiger partial charge in [0.25, 0.3) is 0 Å². The molecule has 1 aromatic heterocycles. The molecule has 0 bridgehead atoms. The van der Waals surface area contributed by atoms with Crippen molar-refractivity contribution in [1.82, 2.24) is 4.72 Å². The molecule has 23 heavy (non-hydrogen) atoms. The van der Waals surface area contributed by atoms with Crippen LogP contribution in [0, 0.1) is 5.92 Å². The zero-order valence-electron chi connectivity index (χ0n) is 13.5. The fourth-order valence-corrected chi connectivity index (χ4v) is 4.48. The van der Waals surface area contributed by atoms with E-state index in [0.717, 1.165) is 24.2 Å². The molecule has 0 saturated carbocycles. The molecule has 0 aliphatic rings. The fraction of sp³-hybridized carbons (Fsp3) is 0.412. The lowest BCUT2D eigenvalue weighted by Gasteiger charge is -2.13. The van der Waals surface area contributed by atoms with Gasteiger partial charge in [0, 0.05) is 11.4 Å². The number of hydrogen-bond donors (Lipinski definition) is 1. The van der Waals surface area contributed by atoms with E-state index in [2.05, 4.69) is 10.8 Å². The average Bonchev–Trinajstić information content (AvgIpc) is 3.04. The Morgan fingerprint density at radius 3 is 2.78 bits per heavy atom. The Morgan fingerprint density at radius 1 is 1.26 bits per heavy atom. The van der Waals surface area contributed by atoms with Crippen molar-refractivity contribution in [1.29, 1.82) is 0 Å². The summed E-state index contributed by atoms with van der Waals surface area (Å²) in [4.78, 5) is 1.30. The van der Waals surface area contributed by atoms with Crippen LogP contribution in [0.5, 0.6) is 5.75 Å². The van der Waals surface area contributed by atoms with Gasteiger partial charge in [-0.3, -0.25) is 0 Å². The summed E-state index contributed by atoms with van der Waals surface area (Å²) in [6, 6.07) is 11.5. The molecule has 0 aliphatic heterocycles. The van der Waals surface area contributed by atoms with E-state index in [1.165, 1.54) is 4.88 Å². The van der Waals surface area contributed by atoms with Crippen molar-refractivity contribution in [3.05, 3.63) is 52.2 Å². The van der Waals surface area contributed by atoms with Gasteiger partial charge in [0.05, 0.1) is 12.9 Å². The molecule has 4 nitrogen and oxygen atoms in total. The summed E-state index contributed by atoms with van der Waals surface area (Å²) in [5.74, 6) is 1.01. The summed E-state index contributed by atoms with van der Waals surface area (Å²) >= 11 is 1.72. The van der Waals surface area contributed by atoms with Gasteiger partial charge in [0.2, 0.25) is 10.0 Å². The topological polar surface area (TPSA) is 55.4 Å². The molecule has 0 spiro atoms. The van der Waals surface area contributed by atoms with Crippen LogP contribution < -0.4 is 9.46 Å².